The van der Waals surface area contributed by atoms with Crippen LogP contribution in [0.4, 0.5) is 0 Å². The van der Waals surface area contributed by atoms with E-state index in [-0.39, 0.29) is 11.7 Å². The van der Waals surface area contributed by atoms with Crippen molar-refractivity contribution in [2.45, 2.75) is 43.8 Å². The predicted molar refractivity (Wildman–Crippen MR) is 37.3 cm³/mol. The Morgan fingerprint density at radius 1 is 1.18 bits per heavy atom. The van der Waals surface area contributed by atoms with E-state index in [2.05, 4.69) is 0 Å². The third-order valence-electron chi connectivity index (χ3n) is 2.72. The smallest absolute Gasteiger partial charge is 0.106 e. The highest BCUT2D eigenvalue weighted by Gasteiger charge is 2.40. The van der Waals surface area contributed by atoms with Gasteiger partial charge in [-0.25, -0.2) is 14.9 Å². The summed E-state index contributed by atoms with van der Waals surface area (Å²) in [5, 5.41) is 11.0. The van der Waals surface area contributed by atoms with Gasteiger partial charge in [-0.15, -0.1) is 0 Å². The lowest BCUT2D eigenvalue weighted by Crippen LogP contribution is -2.34. The van der Waals surface area contributed by atoms with Crippen LogP contribution in [0, 0.1) is 0 Å². The molecule has 1 aliphatic carbocycles. The Kier molecular flexibility index (Phi) is 1.87. The Labute approximate surface area is 66.2 Å². The lowest BCUT2D eigenvalue weighted by molar-refractivity contribution is -0.317. The molecule has 0 N–H and O–H groups in total. The second-order valence-electron chi connectivity index (χ2n) is 3.54. The molecule has 1 spiro atoms. The zero-order valence-corrected chi connectivity index (χ0v) is 6.54. The lowest BCUT2D eigenvalue weighted by atomic mass is 9.82. The van der Waals surface area contributed by atoms with Crippen LogP contribution in [-0.4, -0.2) is 18.3 Å². The van der Waals surface area contributed by atoms with Crippen LogP contribution < -0.4 is 0 Å². The van der Waals surface area contributed by atoms with Gasteiger partial charge in [0.1, 0.15) is 5.60 Å². The second-order valence-corrected chi connectivity index (χ2v) is 3.54. The molecule has 1 radical (unpaired) electrons. The molecule has 0 atom stereocenters. The Morgan fingerprint density at radius 2 is 1.91 bits per heavy atom. The van der Waals surface area contributed by atoms with Gasteiger partial charge in [0.05, 0.1) is 12.7 Å². The van der Waals surface area contributed by atoms with E-state index in [0.29, 0.717) is 6.61 Å². The molecule has 0 aromatic heterocycles. The zero-order chi connectivity index (χ0) is 7.73. The molecule has 2 fully saturated rings. The molecule has 2 rings (SSSR count). The number of hydrogen-bond donors (Lipinski definition) is 0. The second kappa shape index (κ2) is 2.73. The topological polar surface area (TPSA) is 38.4 Å². The molecule has 2 aliphatic rings. The molecule has 0 aromatic rings. The fourth-order valence-electron chi connectivity index (χ4n) is 1.89. The van der Waals surface area contributed by atoms with Crippen molar-refractivity contribution in [1.29, 1.82) is 0 Å². The maximum absolute atomic E-state index is 11.0. The molecule has 1 heterocycles. The van der Waals surface area contributed by atoms with E-state index in [1.807, 2.05) is 0 Å². The van der Waals surface area contributed by atoms with E-state index >= 15 is 0 Å². The first-order valence-electron chi connectivity index (χ1n) is 4.27. The molecular formula is C8H13O3. The van der Waals surface area contributed by atoms with E-state index in [0.717, 1.165) is 32.1 Å². The van der Waals surface area contributed by atoms with Gasteiger partial charge >= 0.3 is 0 Å². The van der Waals surface area contributed by atoms with Gasteiger partial charge in [-0.2, -0.15) is 0 Å². The highest BCUT2D eigenvalue weighted by atomic mass is 17.2. The van der Waals surface area contributed by atoms with Crippen molar-refractivity contribution in [1.82, 2.24) is 0 Å². The first-order chi connectivity index (χ1) is 5.31. The Hall–Kier alpha value is -0.120. The highest BCUT2D eigenvalue weighted by Crippen LogP contribution is 2.38. The maximum Gasteiger partial charge on any atom is 0.106 e. The summed E-state index contributed by atoms with van der Waals surface area (Å²) in [6.45, 7) is 0.698. The fourth-order valence-corrected chi connectivity index (χ4v) is 1.89. The van der Waals surface area contributed by atoms with Crippen LogP contribution in [0.2, 0.25) is 0 Å². The van der Waals surface area contributed by atoms with Crippen LogP contribution in [0.3, 0.4) is 0 Å². The third-order valence-corrected chi connectivity index (χ3v) is 2.72. The Morgan fingerprint density at radius 3 is 2.45 bits per heavy atom. The molecule has 0 bridgehead atoms. The van der Waals surface area contributed by atoms with E-state index < -0.39 is 0 Å². The fraction of sp³-hybridized carbons (Fsp3) is 1.00. The van der Waals surface area contributed by atoms with Gasteiger partial charge in [-0.05, 0) is 25.7 Å². The van der Waals surface area contributed by atoms with Gasteiger partial charge < -0.3 is 0 Å². The molecule has 11 heavy (non-hydrogen) atoms. The minimum atomic E-state index is -0.357. The van der Waals surface area contributed by atoms with Crippen LogP contribution in [-0.2, 0) is 14.9 Å². The van der Waals surface area contributed by atoms with Crippen molar-refractivity contribution < 1.29 is 14.9 Å². The van der Waals surface area contributed by atoms with Gasteiger partial charge in [-0.1, -0.05) is 0 Å². The molecule has 0 aromatic carbocycles. The SMILES string of the molecule is [O]C1CCC2(CCOO2)CC1. The first-order valence-corrected chi connectivity index (χ1v) is 4.27. The number of rotatable bonds is 0. The lowest BCUT2D eigenvalue weighted by Gasteiger charge is -2.31. The molecule has 1 saturated carbocycles. The molecule has 1 saturated heterocycles. The van der Waals surface area contributed by atoms with Crippen LogP contribution in [0.5, 0.6) is 0 Å². The normalized spacial score (nSPS) is 45.0. The van der Waals surface area contributed by atoms with Crippen molar-refractivity contribution in [2.75, 3.05) is 6.61 Å². The molecule has 0 amide bonds. The van der Waals surface area contributed by atoms with E-state index in [1.165, 1.54) is 0 Å². The van der Waals surface area contributed by atoms with Crippen LogP contribution in [0.15, 0.2) is 0 Å². The van der Waals surface area contributed by atoms with Crippen LogP contribution >= 0.6 is 0 Å². The summed E-state index contributed by atoms with van der Waals surface area (Å²) in [6, 6.07) is 0. The molecule has 3 heteroatoms. The standard InChI is InChI=1S/C8H13O3/c9-7-1-3-8(4-2-7)5-6-10-11-8/h7H,1-6H2. The van der Waals surface area contributed by atoms with Crippen molar-refractivity contribution in [3.63, 3.8) is 0 Å². The molecule has 0 unspecified atom stereocenters. The summed E-state index contributed by atoms with van der Waals surface area (Å²) in [4.78, 5) is 10.1. The average molecular weight is 157 g/mol. The van der Waals surface area contributed by atoms with Crippen molar-refractivity contribution in [3.8, 4) is 0 Å². The van der Waals surface area contributed by atoms with Gasteiger partial charge in [0, 0.05) is 6.42 Å². The van der Waals surface area contributed by atoms with E-state index in [9.17, 15) is 5.11 Å². The average Bonchev–Trinajstić information content (AvgIpc) is 2.45. The molecule has 1 aliphatic heterocycles. The summed E-state index contributed by atoms with van der Waals surface area (Å²) in [7, 11) is 0. The summed E-state index contributed by atoms with van der Waals surface area (Å²) in [5.41, 5.74) is -0.0685. The van der Waals surface area contributed by atoms with Crippen LogP contribution in [0.25, 0.3) is 0 Å². The monoisotopic (exact) mass is 157 g/mol. The van der Waals surface area contributed by atoms with Gasteiger partial charge in [-0.3, -0.25) is 0 Å². The van der Waals surface area contributed by atoms with Crippen molar-refractivity contribution in [2.24, 2.45) is 0 Å². The summed E-state index contributed by atoms with van der Waals surface area (Å²) < 4.78 is 0. The van der Waals surface area contributed by atoms with E-state index in [4.69, 9.17) is 9.78 Å². The summed E-state index contributed by atoms with van der Waals surface area (Å²) in [6.07, 6.45) is 3.90. The maximum atomic E-state index is 11.0. The first kappa shape index (κ1) is 7.53. The Bertz CT molecular complexity index is 130. The molecule has 63 valence electrons. The van der Waals surface area contributed by atoms with Gasteiger partial charge in [0.25, 0.3) is 0 Å². The van der Waals surface area contributed by atoms with Crippen molar-refractivity contribution in [3.05, 3.63) is 0 Å². The number of hydrogen-bond acceptors (Lipinski definition) is 2. The molecule has 3 nitrogen and oxygen atoms in total. The largest absolute Gasteiger partial charge is 0.236 e. The van der Waals surface area contributed by atoms with E-state index in [1.54, 1.807) is 0 Å². The van der Waals surface area contributed by atoms with Crippen LogP contribution in [0.1, 0.15) is 32.1 Å². The van der Waals surface area contributed by atoms with Gasteiger partial charge in [0.2, 0.25) is 0 Å². The van der Waals surface area contributed by atoms with Crippen molar-refractivity contribution >= 4 is 0 Å². The quantitative estimate of drug-likeness (QED) is 0.499. The zero-order valence-electron chi connectivity index (χ0n) is 6.54. The Balaban J connectivity index is 1.94. The summed E-state index contributed by atoms with van der Waals surface area (Å²) in [5.74, 6) is 0. The predicted octanol–water partition coefficient (Wildman–Crippen LogP) is 1.45. The third kappa shape index (κ3) is 1.41. The van der Waals surface area contributed by atoms with Gasteiger partial charge in [0.15, 0.2) is 0 Å². The highest BCUT2D eigenvalue weighted by molar-refractivity contribution is 4.87. The minimum absolute atomic E-state index is 0.0685. The molecular weight excluding hydrogens is 144 g/mol. The minimum Gasteiger partial charge on any atom is -0.236 e. The summed E-state index contributed by atoms with van der Waals surface area (Å²) >= 11 is 0.